The van der Waals surface area contributed by atoms with Crippen molar-refractivity contribution in [1.82, 2.24) is 14.5 Å². The molecule has 100 valence electrons. The molecule has 0 bridgehead atoms. The molecule has 5 heteroatoms. The van der Waals surface area contributed by atoms with Gasteiger partial charge in [-0.05, 0) is 12.8 Å². The average molecular weight is 314 g/mol. The third-order valence-corrected chi connectivity index (χ3v) is 3.99. The summed E-state index contributed by atoms with van der Waals surface area (Å²) in [5.74, 6) is 0.112. The van der Waals surface area contributed by atoms with Crippen LogP contribution in [0.5, 0.6) is 0 Å². The molecule has 1 saturated carbocycles. The van der Waals surface area contributed by atoms with Crippen LogP contribution >= 0.6 is 15.9 Å². The number of carbonyl (C=O) groups is 1. The van der Waals surface area contributed by atoms with Crippen LogP contribution < -0.4 is 0 Å². The maximum atomic E-state index is 12.6. The molecule has 1 aromatic rings. The lowest BCUT2D eigenvalue weighted by Gasteiger charge is -2.34. The van der Waals surface area contributed by atoms with E-state index < -0.39 is 0 Å². The van der Waals surface area contributed by atoms with E-state index in [0.29, 0.717) is 11.7 Å². The molecule has 0 spiro atoms. The molecule has 18 heavy (non-hydrogen) atoms. The van der Waals surface area contributed by atoms with Crippen LogP contribution in [0.2, 0.25) is 0 Å². The largest absolute Gasteiger partial charge is 0.334 e. The first-order valence-corrected chi connectivity index (χ1v) is 7.69. The maximum absolute atomic E-state index is 12.6. The number of aromatic nitrogens is 2. The van der Waals surface area contributed by atoms with Crippen LogP contribution in [0.25, 0.3) is 0 Å². The molecule has 1 aromatic heterocycles. The van der Waals surface area contributed by atoms with Gasteiger partial charge in [-0.25, -0.2) is 4.98 Å². The van der Waals surface area contributed by atoms with Crippen molar-refractivity contribution in [3.05, 3.63) is 18.2 Å². The minimum Gasteiger partial charge on any atom is -0.334 e. The number of alkyl halides is 1. The zero-order valence-electron chi connectivity index (χ0n) is 10.8. The highest BCUT2D eigenvalue weighted by Gasteiger charge is 2.26. The van der Waals surface area contributed by atoms with Crippen LogP contribution in [0, 0.1) is 0 Å². The minimum atomic E-state index is 0.112. The Hall–Kier alpha value is -0.840. The summed E-state index contributed by atoms with van der Waals surface area (Å²) in [6.07, 6.45) is 9.39. The third-order valence-electron chi connectivity index (χ3n) is 3.64. The van der Waals surface area contributed by atoms with Gasteiger partial charge in [0.05, 0.1) is 12.5 Å². The number of amides is 1. The van der Waals surface area contributed by atoms with Gasteiger partial charge in [-0.15, -0.1) is 0 Å². The molecular formula is C13H20BrN3O. The van der Waals surface area contributed by atoms with E-state index in [1.54, 1.807) is 17.1 Å². The van der Waals surface area contributed by atoms with Gasteiger partial charge < -0.3 is 9.47 Å². The summed E-state index contributed by atoms with van der Waals surface area (Å²) in [6.45, 7) is 0.773. The summed E-state index contributed by atoms with van der Waals surface area (Å²) in [7, 11) is 1.87. The first kappa shape index (κ1) is 13.6. The quantitative estimate of drug-likeness (QED) is 0.801. The first-order chi connectivity index (χ1) is 8.74. The highest BCUT2D eigenvalue weighted by atomic mass is 79.9. The van der Waals surface area contributed by atoms with Gasteiger partial charge in [-0.2, -0.15) is 0 Å². The van der Waals surface area contributed by atoms with E-state index in [1.165, 1.54) is 19.3 Å². The fourth-order valence-electron chi connectivity index (χ4n) is 2.64. The molecule has 0 unspecified atom stereocenters. The Bertz CT molecular complexity index is 399. The van der Waals surface area contributed by atoms with E-state index in [-0.39, 0.29) is 5.91 Å². The number of aryl methyl sites for hydroxylation is 1. The van der Waals surface area contributed by atoms with Crippen molar-refractivity contribution in [1.29, 1.82) is 0 Å². The Morgan fingerprint density at radius 3 is 2.78 bits per heavy atom. The highest BCUT2D eigenvalue weighted by Crippen LogP contribution is 2.24. The van der Waals surface area contributed by atoms with Crippen LogP contribution in [0.4, 0.5) is 0 Å². The first-order valence-electron chi connectivity index (χ1n) is 6.57. The van der Waals surface area contributed by atoms with Crippen molar-refractivity contribution < 1.29 is 4.79 Å². The molecular weight excluding hydrogens is 294 g/mol. The summed E-state index contributed by atoms with van der Waals surface area (Å²) >= 11 is 3.45. The standard InChI is InChI=1S/C13H20BrN3O/c1-16-10-15-9-12(16)13(18)17(8-7-14)11-5-3-2-4-6-11/h9-11H,2-8H2,1H3. The molecule has 4 nitrogen and oxygen atoms in total. The lowest BCUT2D eigenvalue weighted by molar-refractivity contribution is 0.0641. The van der Waals surface area contributed by atoms with Crippen molar-refractivity contribution in [2.75, 3.05) is 11.9 Å². The second-order valence-electron chi connectivity index (χ2n) is 4.87. The average Bonchev–Trinajstić information content (AvgIpc) is 2.82. The van der Waals surface area contributed by atoms with Crippen molar-refractivity contribution in [3.8, 4) is 0 Å². The molecule has 1 aliphatic carbocycles. The van der Waals surface area contributed by atoms with Gasteiger partial charge in [0.1, 0.15) is 5.69 Å². The Kier molecular flexibility index (Phi) is 4.80. The van der Waals surface area contributed by atoms with E-state index in [9.17, 15) is 4.79 Å². The number of hydrogen-bond acceptors (Lipinski definition) is 2. The van der Waals surface area contributed by atoms with Gasteiger partial charge in [0.15, 0.2) is 0 Å². The fourth-order valence-corrected chi connectivity index (χ4v) is 3.03. The van der Waals surface area contributed by atoms with Crippen LogP contribution in [-0.4, -0.2) is 38.3 Å². The van der Waals surface area contributed by atoms with E-state index >= 15 is 0 Å². The molecule has 0 aliphatic heterocycles. The van der Waals surface area contributed by atoms with E-state index in [4.69, 9.17) is 0 Å². The van der Waals surface area contributed by atoms with Crippen LogP contribution in [0.1, 0.15) is 42.6 Å². The van der Waals surface area contributed by atoms with Gasteiger partial charge in [-0.1, -0.05) is 35.2 Å². The normalized spacial score (nSPS) is 16.8. The molecule has 0 atom stereocenters. The molecule has 1 heterocycles. The number of halogens is 1. The minimum absolute atomic E-state index is 0.112. The SMILES string of the molecule is Cn1cncc1C(=O)N(CCBr)C1CCCCC1. The van der Waals surface area contributed by atoms with Crippen molar-refractivity contribution in [2.24, 2.45) is 7.05 Å². The van der Waals surface area contributed by atoms with Crippen LogP contribution in [0.3, 0.4) is 0 Å². The lowest BCUT2D eigenvalue weighted by Crippen LogP contribution is -2.43. The van der Waals surface area contributed by atoms with Crippen molar-refractivity contribution in [2.45, 2.75) is 38.1 Å². The topological polar surface area (TPSA) is 38.1 Å². The van der Waals surface area contributed by atoms with Gasteiger partial charge >= 0.3 is 0 Å². The highest BCUT2D eigenvalue weighted by molar-refractivity contribution is 9.09. The molecule has 0 aromatic carbocycles. The predicted molar refractivity (Wildman–Crippen MR) is 74.9 cm³/mol. The molecule has 1 aliphatic rings. The van der Waals surface area contributed by atoms with Gasteiger partial charge in [0, 0.05) is 25.0 Å². The molecule has 1 fully saturated rings. The number of nitrogens with zero attached hydrogens (tertiary/aromatic N) is 3. The summed E-state index contributed by atoms with van der Waals surface area (Å²) in [6, 6.07) is 0.402. The van der Waals surface area contributed by atoms with Gasteiger partial charge in [0.2, 0.25) is 0 Å². The number of rotatable bonds is 4. The summed E-state index contributed by atoms with van der Waals surface area (Å²) in [5, 5.41) is 0.826. The Balaban J connectivity index is 2.13. The predicted octanol–water partition coefficient (Wildman–Crippen LogP) is 2.59. The second-order valence-corrected chi connectivity index (χ2v) is 5.66. The summed E-state index contributed by atoms with van der Waals surface area (Å²) in [5.41, 5.74) is 0.682. The molecule has 0 N–H and O–H groups in total. The van der Waals surface area contributed by atoms with E-state index in [2.05, 4.69) is 20.9 Å². The van der Waals surface area contributed by atoms with Crippen LogP contribution in [0.15, 0.2) is 12.5 Å². The molecule has 0 saturated heterocycles. The monoisotopic (exact) mass is 313 g/mol. The zero-order chi connectivity index (χ0) is 13.0. The van der Waals surface area contributed by atoms with E-state index in [1.807, 2.05) is 11.9 Å². The van der Waals surface area contributed by atoms with Gasteiger partial charge in [0.25, 0.3) is 5.91 Å². The van der Waals surface area contributed by atoms with Crippen molar-refractivity contribution >= 4 is 21.8 Å². The van der Waals surface area contributed by atoms with Crippen molar-refractivity contribution in [3.63, 3.8) is 0 Å². The number of carbonyl (C=O) groups excluding carboxylic acids is 1. The van der Waals surface area contributed by atoms with Gasteiger partial charge in [-0.3, -0.25) is 4.79 Å². The Labute approximate surface area is 117 Å². The zero-order valence-corrected chi connectivity index (χ0v) is 12.4. The van der Waals surface area contributed by atoms with Crippen LogP contribution in [-0.2, 0) is 7.05 Å². The molecule has 0 radical (unpaired) electrons. The van der Waals surface area contributed by atoms with E-state index in [0.717, 1.165) is 24.7 Å². The smallest absolute Gasteiger partial charge is 0.272 e. The number of hydrogen-bond donors (Lipinski definition) is 0. The summed E-state index contributed by atoms with van der Waals surface area (Å²) < 4.78 is 1.80. The third kappa shape index (κ3) is 2.94. The lowest BCUT2D eigenvalue weighted by atomic mass is 9.94. The maximum Gasteiger partial charge on any atom is 0.272 e. The number of imidazole rings is 1. The summed E-state index contributed by atoms with van der Waals surface area (Å²) in [4.78, 5) is 18.6. The Morgan fingerprint density at radius 2 is 2.22 bits per heavy atom. The molecule has 1 amide bonds. The fraction of sp³-hybridized carbons (Fsp3) is 0.692. The second kappa shape index (κ2) is 6.36. The Morgan fingerprint density at radius 1 is 1.50 bits per heavy atom. The molecule has 2 rings (SSSR count).